The molecule has 1 aliphatic rings. The highest BCUT2D eigenvalue weighted by Gasteiger charge is 2.25. The minimum absolute atomic E-state index is 0.320. The van der Waals surface area contributed by atoms with Gasteiger partial charge in [-0.1, -0.05) is 0 Å². The molecular formula is C23H26N8O2. The molecule has 1 fully saturated rings. The van der Waals surface area contributed by atoms with Crippen molar-refractivity contribution in [2.45, 2.75) is 32.9 Å². The number of carbonyl (C=O) groups is 1. The molecule has 1 amide bonds. The summed E-state index contributed by atoms with van der Waals surface area (Å²) < 4.78 is 7.29. The number of imidazole rings is 1. The zero-order valence-electron chi connectivity index (χ0n) is 19.0. The highest BCUT2D eigenvalue weighted by atomic mass is 16.5. The molecule has 0 saturated carbocycles. The number of amides is 1. The lowest BCUT2D eigenvalue weighted by Gasteiger charge is -2.37. The minimum atomic E-state index is -0.320. The molecule has 2 N–H and O–H groups in total. The van der Waals surface area contributed by atoms with Crippen LogP contribution in [0.15, 0.2) is 37.1 Å². The summed E-state index contributed by atoms with van der Waals surface area (Å²) in [7, 11) is 1.58. The number of carbonyl (C=O) groups excluding carboxylic acids is 1. The molecule has 1 saturated heterocycles. The van der Waals surface area contributed by atoms with Gasteiger partial charge in [0, 0.05) is 62.2 Å². The standard InChI is InChI=1S/C23H26N8O2/c1-13-9-30(10-14(2)27-13)22-20-19(24-5-6-25-20)17(8-26-22)23(32)29-16-7-18(33-4)21-28-15(3)11-31(21)12-16/h5-8,11-14,27H,9-10H2,1-4H3,(H,29,32)/t13-,14-/m0/s1. The summed E-state index contributed by atoms with van der Waals surface area (Å²) in [5.41, 5.74) is 3.62. The van der Waals surface area contributed by atoms with Crippen LogP contribution in [-0.2, 0) is 0 Å². The molecule has 4 aromatic rings. The second-order valence-corrected chi connectivity index (χ2v) is 8.49. The van der Waals surface area contributed by atoms with Crippen molar-refractivity contribution in [3.05, 3.63) is 48.3 Å². The van der Waals surface area contributed by atoms with Gasteiger partial charge >= 0.3 is 0 Å². The maximum Gasteiger partial charge on any atom is 0.259 e. The first-order chi connectivity index (χ1) is 15.9. The summed E-state index contributed by atoms with van der Waals surface area (Å²) >= 11 is 0. The van der Waals surface area contributed by atoms with Gasteiger partial charge in [0.15, 0.2) is 17.2 Å². The summed E-state index contributed by atoms with van der Waals surface area (Å²) in [6.45, 7) is 7.80. The van der Waals surface area contributed by atoms with Gasteiger partial charge in [0.1, 0.15) is 11.0 Å². The van der Waals surface area contributed by atoms with Gasteiger partial charge in [-0.3, -0.25) is 9.78 Å². The maximum absolute atomic E-state index is 13.3. The van der Waals surface area contributed by atoms with E-state index in [0.717, 1.165) is 24.6 Å². The zero-order valence-corrected chi connectivity index (χ0v) is 19.0. The van der Waals surface area contributed by atoms with Crippen molar-refractivity contribution in [1.29, 1.82) is 0 Å². The number of fused-ring (bicyclic) bond motifs is 2. The van der Waals surface area contributed by atoms with Crippen molar-refractivity contribution in [3.8, 4) is 5.75 Å². The fourth-order valence-corrected chi connectivity index (χ4v) is 4.45. The molecule has 0 bridgehead atoms. The van der Waals surface area contributed by atoms with Crippen molar-refractivity contribution in [1.82, 2.24) is 29.7 Å². The van der Waals surface area contributed by atoms with E-state index in [-0.39, 0.29) is 5.91 Å². The number of piperazine rings is 1. The number of anilines is 2. The summed E-state index contributed by atoms with van der Waals surface area (Å²) in [4.78, 5) is 33.6. The van der Waals surface area contributed by atoms with Gasteiger partial charge < -0.3 is 24.7 Å². The molecule has 5 rings (SSSR count). The third-order valence-corrected chi connectivity index (χ3v) is 5.70. The van der Waals surface area contributed by atoms with Crippen molar-refractivity contribution >= 4 is 34.1 Å². The molecule has 10 nitrogen and oxygen atoms in total. The monoisotopic (exact) mass is 446 g/mol. The number of nitrogens with one attached hydrogen (secondary N) is 2. The Kier molecular flexibility index (Phi) is 5.29. The third kappa shape index (κ3) is 3.93. The van der Waals surface area contributed by atoms with Gasteiger partial charge in [0.05, 0.1) is 24.1 Å². The SMILES string of the molecule is COc1cc(NC(=O)c2cnc(N3C[C@H](C)N[C@@H](C)C3)c3nccnc23)cn2cc(C)nc12. The Labute approximate surface area is 191 Å². The van der Waals surface area contributed by atoms with Crippen LogP contribution in [0, 0.1) is 6.92 Å². The van der Waals surface area contributed by atoms with Gasteiger partial charge in [-0.2, -0.15) is 0 Å². The molecule has 10 heteroatoms. The van der Waals surface area contributed by atoms with Crippen LogP contribution in [0.25, 0.3) is 16.7 Å². The second kappa shape index (κ2) is 8.28. The molecule has 1 aliphatic heterocycles. The van der Waals surface area contributed by atoms with Crippen molar-refractivity contribution < 1.29 is 9.53 Å². The summed E-state index contributed by atoms with van der Waals surface area (Å²) in [6.07, 6.45) is 8.48. The number of ether oxygens (including phenoxy) is 1. The maximum atomic E-state index is 13.3. The highest BCUT2D eigenvalue weighted by molar-refractivity contribution is 6.12. The number of nitrogens with zero attached hydrogens (tertiary/aromatic N) is 6. The fraction of sp³-hybridized carbons (Fsp3) is 0.348. The predicted molar refractivity (Wildman–Crippen MR) is 126 cm³/mol. The quantitative estimate of drug-likeness (QED) is 0.492. The van der Waals surface area contributed by atoms with Gasteiger partial charge in [0.2, 0.25) is 0 Å². The smallest absolute Gasteiger partial charge is 0.259 e. The molecule has 4 aromatic heterocycles. The van der Waals surface area contributed by atoms with E-state index in [1.54, 1.807) is 38.0 Å². The van der Waals surface area contributed by atoms with Gasteiger partial charge in [-0.05, 0) is 20.8 Å². The zero-order chi connectivity index (χ0) is 23.1. The van der Waals surface area contributed by atoms with E-state index in [2.05, 4.69) is 49.3 Å². The van der Waals surface area contributed by atoms with Crippen molar-refractivity contribution in [2.75, 3.05) is 30.4 Å². The van der Waals surface area contributed by atoms with Crippen LogP contribution in [0.5, 0.6) is 5.75 Å². The molecule has 0 unspecified atom stereocenters. The number of hydrogen-bond donors (Lipinski definition) is 2. The van der Waals surface area contributed by atoms with Gasteiger partial charge in [0.25, 0.3) is 5.91 Å². The molecule has 0 spiro atoms. The molecule has 5 heterocycles. The largest absolute Gasteiger partial charge is 0.493 e. The van der Waals surface area contributed by atoms with Crippen molar-refractivity contribution in [2.24, 2.45) is 0 Å². The molecule has 170 valence electrons. The van der Waals surface area contributed by atoms with Crippen LogP contribution < -0.4 is 20.3 Å². The summed E-state index contributed by atoms with van der Waals surface area (Å²) in [5.74, 6) is 0.993. The number of pyridine rings is 2. The Bertz CT molecular complexity index is 1340. The van der Waals surface area contributed by atoms with E-state index >= 15 is 0 Å². The lowest BCUT2D eigenvalue weighted by molar-refractivity contribution is 0.102. The van der Waals surface area contributed by atoms with E-state index in [9.17, 15) is 4.79 Å². The Morgan fingerprint density at radius 3 is 2.58 bits per heavy atom. The molecule has 0 aliphatic carbocycles. The van der Waals surface area contributed by atoms with Gasteiger partial charge in [-0.25, -0.2) is 15.0 Å². The second-order valence-electron chi connectivity index (χ2n) is 8.49. The fourth-order valence-electron chi connectivity index (χ4n) is 4.45. The molecule has 33 heavy (non-hydrogen) atoms. The Hall–Kier alpha value is -3.79. The summed E-state index contributed by atoms with van der Waals surface area (Å²) in [6, 6.07) is 2.39. The van der Waals surface area contributed by atoms with E-state index in [1.807, 2.05) is 17.5 Å². The summed E-state index contributed by atoms with van der Waals surface area (Å²) in [5, 5.41) is 6.46. The average Bonchev–Trinajstić information content (AvgIpc) is 3.17. The highest BCUT2D eigenvalue weighted by Crippen LogP contribution is 2.27. The number of methoxy groups -OCH3 is 1. The lowest BCUT2D eigenvalue weighted by Crippen LogP contribution is -2.54. The normalized spacial score (nSPS) is 18.6. The van der Waals surface area contributed by atoms with E-state index in [0.29, 0.717) is 45.8 Å². The Morgan fingerprint density at radius 1 is 1.12 bits per heavy atom. The molecule has 0 aromatic carbocycles. The molecular weight excluding hydrogens is 420 g/mol. The van der Waals surface area contributed by atoms with Crippen LogP contribution >= 0.6 is 0 Å². The third-order valence-electron chi connectivity index (χ3n) is 5.70. The molecule has 0 radical (unpaired) electrons. The Balaban J connectivity index is 1.50. The number of aryl methyl sites for hydroxylation is 1. The number of aromatic nitrogens is 5. The van der Waals surface area contributed by atoms with E-state index in [1.165, 1.54) is 0 Å². The first-order valence-electron chi connectivity index (χ1n) is 10.9. The predicted octanol–water partition coefficient (Wildman–Crippen LogP) is 2.43. The number of hydrogen-bond acceptors (Lipinski definition) is 8. The number of rotatable bonds is 4. The van der Waals surface area contributed by atoms with Crippen LogP contribution in [0.1, 0.15) is 29.9 Å². The first kappa shape index (κ1) is 21.1. The van der Waals surface area contributed by atoms with Crippen LogP contribution in [0.2, 0.25) is 0 Å². The Morgan fingerprint density at radius 2 is 1.85 bits per heavy atom. The van der Waals surface area contributed by atoms with Crippen LogP contribution in [0.4, 0.5) is 11.5 Å². The average molecular weight is 447 g/mol. The minimum Gasteiger partial charge on any atom is -0.493 e. The van der Waals surface area contributed by atoms with E-state index < -0.39 is 0 Å². The topological polar surface area (TPSA) is 110 Å². The van der Waals surface area contributed by atoms with Crippen molar-refractivity contribution in [3.63, 3.8) is 0 Å². The molecule has 2 atom stereocenters. The van der Waals surface area contributed by atoms with Crippen LogP contribution in [0.3, 0.4) is 0 Å². The first-order valence-corrected chi connectivity index (χ1v) is 10.9. The van der Waals surface area contributed by atoms with E-state index in [4.69, 9.17) is 4.74 Å². The lowest BCUT2D eigenvalue weighted by atomic mass is 10.1. The van der Waals surface area contributed by atoms with Gasteiger partial charge in [-0.15, -0.1) is 0 Å². The van der Waals surface area contributed by atoms with Crippen LogP contribution in [-0.4, -0.2) is 62.5 Å².